The summed E-state index contributed by atoms with van der Waals surface area (Å²) in [6.07, 6.45) is -2.53. The number of phosphoric ester groups is 3. The van der Waals surface area contributed by atoms with Crippen molar-refractivity contribution in [3.8, 4) is 0 Å². The van der Waals surface area contributed by atoms with Gasteiger partial charge in [-0.1, -0.05) is 98.3 Å². The van der Waals surface area contributed by atoms with Gasteiger partial charge in [0.1, 0.15) is 18.3 Å². The van der Waals surface area contributed by atoms with Crippen molar-refractivity contribution in [2.24, 2.45) is 0 Å². The van der Waals surface area contributed by atoms with E-state index in [1.165, 1.54) is 12.1 Å². The average Bonchev–Trinajstić information content (AvgIpc) is 3.16. The molecule has 14 nitrogen and oxygen atoms in total. The predicted molar refractivity (Wildman–Crippen MR) is 208 cm³/mol. The van der Waals surface area contributed by atoms with Gasteiger partial charge in [0, 0.05) is 6.42 Å². The maximum absolute atomic E-state index is 17.2. The van der Waals surface area contributed by atoms with Gasteiger partial charge in [0.05, 0.1) is 45.2 Å². The lowest BCUT2D eigenvalue weighted by molar-refractivity contribution is -0.152. The van der Waals surface area contributed by atoms with Gasteiger partial charge in [0.2, 0.25) is 0 Å². The Morgan fingerprint density at radius 3 is 1.25 bits per heavy atom. The Bertz CT molecular complexity index is 1280. The third kappa shape index (κ3) is 18.6. The van der Waals surface area contributed by atoms with Gasteiger partial charge >= 0.3 is 29.4 Å². The van der Waals surface area contributed by atoms with Crippen LogP contribution in [0, 0.1) is 0 Å². The van der Waals surface area contributed by atoms with Gasteiger partial charge in [-0.15, -0.1) is 0 Å². The number of hydrogen-bond donors (Lipinski definition) is 0. The Morgan fingerprint density at radius 1 is 0.545 bits per heavy atom. The van der Waals surface area contributed by atoms with E-state index in [4.69, 9.17) is 45.5 Å². The number of alkyl halides is 1. The molecule has 2 rings (SSSR count). The zero-order valence-electron chi connectivity index (χ0n) is 33.6. The number of ether oxygens (including phenoxy) is 1. The maximum Gasteiger partial charge on any atom is 0.475 e. The Kier molecular flexibility index (Phi) is 25.1. The molecular weight excluding hydrogens is 780 g/mol. The summed E-state index contributed by atoms with van der Waals surface area (Å²) >= 11 is 0. The molecule has 0 spiro atoms. The van der Waals surface area contributed by atoms with Crippen LogP contribution in [0.3, 0.4) is 0 Å². The lowest BCUT2D eigenvalue weighted by Gasteiger charge is -2.43. The smallest absolute Gasteiger partial charge is 0.453 e. The molecule has 1 aliphatic rings. The molecule has 0 amide bonds. The molecule has 0 radical (unpaired) electrons. The zero-order valence-corrected chi connectivity index (χ0v) is 36.3. The Labute approximate surface area is 328 Å². The first-order valence-electron chi connectivity index (χ1n) is 20.0. The summed E-state index contributed by atoms with van der Waals surface area (Å²) in [7, 11) is -13.4. The van der Waals surface area contributed by atoms with Crippen LogP contribution in [-0.2, 0) is 59.1 Å². The standard InChI is InChI=1S/C37H66FO14P3/c1-7-13-24-43-53(40,44-25-14-8-2)50-32-30-33(51-54(41,45-26-15-9-3)46-27-16-10-4)35(52-55(42,47-28-17-11-5)48-29-18-12-6)36(34(32)38)49-37(39)31-22-20-19-21-23-31/h19-23,32-36H,7-18,24-30H2,1-6H3/t32-,33+,34+,35-,36-/m1/s1. The van der Waals surface area contributed by atoms with Gasteiger partial charge in [-0.3, -0.25) is 40.7 Å². The lowest BCUT2D eigenvalue weighted by Crippen LogP contribution is -2.57. The normalized spacial score (nSPS) is 20.8. The third-order valence-corrected chi connectivity index (χ3v) is 12.9. The number of carbonyl (C=O) groups excluding carboxylic acids is 1. The summed E-state index contributed by atoms with van der Waals surface area (Å²) in [6, 6.07) is 7.83. The van der Waals surface area contributed by atoms with Crippen molar-refractivity contribution in [1.82, 2.24) is 0 Å². The van der Waals surface area contributed by atoms with E-state index in [0.717, 1.165) is 0 Å². The van der Waals surface area contributed by atoms with Crippen molar-refractivity contribution in [2.45, 2.75) is 156 Å². The second kappa shape index (κ2) is 27.6. The van der Waals surface area contributed by atoms with E-state index in [0.29, 0.717) is 77.0 Å². The highest BCUT2D eigenvalue weighted by molar-refractivity contribution is 7.49. The fourth-order valence-corrected chi connectivity index (χ4v) is 9.36. The molecule has 1 fully saturated rings. The molecule has 0 aliphatic heterocycles. The van der Waals surface area contributed by atoms with Gasteiger partial charge in [0.25, 0.3) is 0 Å². The fraction of sp³-hybridized carbons (Fsp3) is 0.811. The summed E-state index contributed by atoms with van der Waals surface area (Å²) in [5.74, 6) is -0.960. The van der Waals surface area contributed by atoms with Crippen LogP contribution in [0.5, 0.6) is 0 Å². The lowest BCUT2D eigenvalue weighted by atomic mass is 9.88. The van der Waals surface area contributed by atoms with Gasteiger partial charge < -0.3 is 4.74 Å². The number of benzene rings is 1. The van der Waals surface area contributed by atoms with Gasteiger partial charge in [-0.25, -0.2) is 22.9 Å². The fourth-order valence-electron chi connectivity index (χ4n) is 5.03. The third-order valence-electron chi connectivity index (χ3n) is 8.34. The van der Waals surface area contributed by atoms with Crippen LogP contribution in [0.15, 0.2) is 30.3 Å². The molecule has 0 aromatic heterocycles. The zero-order chi connectivity index (χ0) is 40.6. The van der Waals surface area contributed by atoms with E-state index in [2.05, 4.69) is 0 Å². The van der Waals surface area contributed by atoms with Crippen LogP contribution in [0.2, 0.25) is 0 Å². The van der Waals surface area contributed by atoms with E-state index in [-0.39, 0.29) is 45.2 Å². The van der Waals surface area contributed by atoms with Gasteiger partial charge in [0.15, 0.2) is 12.3 Å². The molecule has 18 heteroatoms. The first kappa shape index (κ1) is 50.1. The summed E-state index contributed by atoms with van der Waals surface area (Å²) in [4.78, 5) is 13.6. The molecule has 0 unspecified atom stereocenters. The number of hydrogen-bond acceptors (Lipinski definition) is 14. The predicted octanol–water partition coefficient (Wildman–Crippen LogP) is 11.3. The van der Waals surface area contributed by atoms with Crippen molar-refractivity contribution in [1.29, 1.82) is 0 Å². The molecule has 1 aliphatic carbocycles. The molecule has 1 aromatic rings. The molecule has 0 N–H and O–H groups in total. The molecule has 320 valence electrons. The first-order valence-corrected chi connectivity index (χ1v) is 24.4. The van der Waals surface area contributed by atoms with E-state index in [9.17, 15) is 18.5 Å². The molecule has 1 aromatic carbocycles. The topological polar surface area (TPSA) is 161 Å². The van der Waals surface area contributed by atoms with E-state index >= 15 is 4.39 Å². The molecule has 5 atom stereocenters. The SMILES string of the molecule is CCCCOP(=O)(OCCCC)O[C@H]1[C@H](OC(=O)c2ccccc2)[C@@H](F)[C@H](OP(=O)(OCCCC)OCCCC)C[C@@H]1OP(=O)(OCCCC)OCCCC. The molecule has 1 saturated carbocycles. The number of rotatable bonds is 32. The number of carbonyl (C=O) groups is 1. The Morgan fingerprint density at radius 2 is 0.891 bits per heavy atom. The number of esters is 1. The van der Waals surface area contributed by atoms with Gasteiger partial charge in [-0.05, 0) is 50.7 Å². The van der Waals surface area contributed by atoms with Crippen LogP contribution in [0.4, 0.5) is 4.39 Å². The van der Waals surface area contributed by atoms with Crippen LogP contribution in [0.1, 0.15) is 135 Å². The van der Waals surface area contributed by atoms with E-state index < -0.39 is 66.4 Å². The quantitative estimate of drug-likeness (QED) is 0.0382. The average molecular weight is 847 g/mol. The van der Waals surface area contributed by atoms with Crippen LogP contribution < -0.4 is 0 Å². The highest BCUT2D eigenvalue weighted by Gasteiger charge is 2.56. The van der Waals surface area contributed by atoms with E-state index in [1.54, 1.807) is 18.2 Å². The summed E-state index contributed by atoms with van der Waals surface area (Å²) in [6.45, 7) is 11.5. The largest absolute Gasteiger partial charge is 0.475 e. The van der Waals surface area contributed by atoms with E-state index in [1.807, 2.05) is 41.5 Å². The van der Waals surface area contributed by atoms with Crippen molar-refractivity contribution in [3.05, 3.63) is 35.9 Å². The molecule has 0 bridgehead atoms. The Balaban J connectivity index is 2.74. The van der Waals surface area contributed by atoms with Crippen molar-refractivity contribution >= 4 is 29.4 Å². The minimum absolute atomic E-state index is 0.000717. The molecule has 0 saturated heterocycles. The highest BCUT2D eigenvalue weighted by Crippen LogP contribution is 2.59. The maximum atomic E-state index is 17.2. The molecule has 0 heterocycles. The van der Waals surface area contributed by atoms with Crippen molar-refractivity contribution in [2.75, 3.05) is 39.6 Å². The van der Waals surface area contributed by atoms with Gasteiger partial charge in [-0.2, -0.15) is 0 Å². The minimum atomic E-state index is -4.53. The minimum Gasteiger partial charge on any atom is -0.453 e. The summed E-state index contributed by atoms with van der Waals surface area (Å²) < 4.78 is 118. The number of halogens is 1. The monoisotopic (exact) mass is 846 g/mol. The van der Waals surface area contributed by atoms with Crippen LogP contribution in [-0.4, -0.2) is 76.2 Å². The second-order valence-corrected chi connectivity index (χ2v) is 18.1. The molecular formula is C37H66FO14P3. The second-order valence-electron chi connectivity index (χ2n) is 13.2. The van der Waals surface area contributed by atoms with Crippen molar-refractivity contribution in [3.63, 3.8) is 0 Å². The summed E-state index contributed by atoms with van der Waals surface area (Å²) in [5, 5.41) is 0. The van der Waals surface area contributed by atoms with Crippen LogP contribution in [0.25, 0.3) is 0 Å². The first-order chi connectivity index (χ1) is 26.4. The van der Waals surface area contributed by atoms with Crippen molar-refractivity contribution < 1.29 is 68.3 Å². The molecule has 55 heavy (non-hydrogen) atoms. The Hall–Kier alpha value is -1.05. The number of unbranched alkanes of at least 4 members (excludes halogenated alkanes) is 6. The van der Waals surface area contributed by atoms with Crippen LogP contribution >= 0.6 is 23.5 Å². The highest BCUT2D eigenvalue weighted by atomic mass is 31.2. The summed E-state index contributed by atoms with van der Waals surface area (Å²) in [5.41, 5.74) is 0.0727. The number of phosphoric acid groups is 3.